The Morgan fingerprint density at radius 1 is 1.56 bits per heavy atom. The molecule has 18 heavy (non-hydrogen) atoms. The van der Waals surface area contributed by atoms with E-state index in [1.165, 1.54) is 4.90 Å². The standard InChI is InChI=1S/C11H11FN2O4/c12-7-1-2-9(10(5-7)14(17)18)11(16)13-4-3-8(15)6-13/h1-2,5,8,15H,3-4,6H2/t8-/m1/s1. The molecule has 1 aliphatic heterocycles. The molecule has 2 rings (SSSR count). The zero-order valence-electron chi connectivity index (χ0n) is 9.38. The summed E-state index contributed by atoms with van der Waals surface area (Å²) in [7, 11) is 0. The van der Waals surface area contributed by atoms with E-state index in [4.69, 9.17) is 0 Å². The molecule has 1 aromatic carbocycles. The van der Waals surface area contributed by atoms with Crippen molar-refractivity contribution in [3.8, 4) is 0 Å². The van der Waals surface area contributed by atoms with Crippen LogP contribution < -0.4 is 0 Å². The molecular weight excluding hydrogens is 243 g/mol. The summed E-state index contributed by atoms with van der Waals surface area (Å²) in [4.78, 5) is 23.3. The highest BCUT2D eigenvalue weighted by atomic mass is 19.1. The molecule has 1 aromatic rings. The summed E-state index contributed by atoms with van der Waals surface area (Å²) in [5.74, 6) is -1.32. The molecular formula is C11H11FN2O4. The summed E-state index contributed by atoms with van der Waals surface area (Å²) in [5.41, 5.74) is -0.711. The van der Waals surface area contributed by atoms with Crippen molar-refractivity contribution in [1.82, 2.24) is 4.90 Å². The fraction of sp³-hybridized carbons (Fsp3) is 0.364. The van der Waals surface area contributed by atoms with Crippen LogP contribution in [0.4, 0.5) is 10.1 Å². The van der Waals surface area contributed by atoms with E-state index >= 15 is 0 Å². The Bertz CT molecular complexity index is 506. The number of aliphatic hydroxyl groups excluding tert-OH is 1. The Hall–Kier alpha value is -2.02. The first-order chi connectivity index (χ1) is 8.49. The van der Waals surface area contributed by atoms with Crippen molar-refractivity contribution in [3.05, 3.63) is 39.7 Å². The molecule has 1 atom stereocenters. The monoisotopic (exact) mass is 254 g/mol. The lowest BCUT2D eigenvalue weighted by atomic mass is 10.1. The van der Waals surface area contributed by atoms with Crippen LogP contribution in [0.3, 0.4) is 0 Å². The number of carbonyl (C=O) groups excluding carboxylic acids is 1. The maximum absolute atomic E-state index is 12.9. The van der Waals surface area contributed by atoms with Gasteiger partial charge in [-0.3, -0.25) is 14.9 Å². The van der Waals surface area contributed by atoms with E-state index in [0.29, 0.717) is 13.0 Å². The molecule has 0 saturated carbocycles. The average Bonchev–Trinajstić information content (AvgIpc) is 2.75. The zero-order valence-corrected chi connectivity index (χ0v) is 9.38. The predicted octanol–water partition coefficient (Wildman–Crippen LogP) is 0.941. The van der Waals surface area contributed by atoms with Crippen LogP contribution in [0.25, 0.3) is 0 Å². The normalized spacial score (nSPS) is 19.0. The Morgan fingerprint density at radius 2 is 2.28 bits per heavy atom. The topological polar surface area (TPSA) is 83.7 Å². The van der Waals surface area contributed by atoms with Gasteiger partial charge in [-0.2, -0.15) is 0 Å². The summed E-state index contributed by atoms with van der Waals surface area (Å²) in [6.07, 6.45) is -0.158. The third-order valence-corrected chi connectivity index (χ3v) is 2.84. The minimum Gasteiger partial charge on any atom is -0.391 e. The Balaban J connectivity index is 2.33. The lowest BCUT2D eigenvalue weighted by Crippen LogP contribution is -2.30. The van der Waals surface area contributed by atoms with Crippen molar-refractivity contribution >= 4 is 11.6 Å². The van der Waals surface area contributed by atoms with Gasteiger partial charge in [-0.05, 0) is 18.6 Å². The average molecular weight is 254 g/mol. The number of carbonyl (C=O) groups is 1. The van der Waals surface area contributed by atoms with E-state index in [1.54, 1.807) is 0 Å². The summed E-state index contributed by atoms with van der Waals surface area (Å²) < 4.78 is 12.9. The quantitative estimate of drug-likeness (QED) is 0.628. The molecule has 96 valence electrons. The largest absolute Gasteiger partial charge is 0.391 e. The lowest BCUT2D eigenvalue weighted by Gasteiger charge is -2.15. The third kappa shape index (κ3) is 2.30. The molecule has 1 aliphatic rings. The number of nitro benzene ring substituents is 1. The Morgan fingerprint density at radius 3 is 2.83 bits per heavy atom. The van der Waals surface area contributed by atoms with E-state index in [9.17, 15) is 24.4 Å². The van der Waals surface area contributed by atoms with Crippen LogP contribution >= 0.6 is 0 Å². The molecule has 1 fully saturated rings. The molecule has 1 amide bonds. The number of amides is 1. The van der Waals surface area contributed by atoms with Crippen LogP contribution in [-0.4, -0.2) is 40.0 Å². The fourth-order valence-corrected chi connectivity index (χ4v) is 1.93. The predicted molar refractivity (Wildman–Crippen MR) is 59.6 cm³/mol. The Labute approximate surface area is 102 Å². The van der Waals surface area contributed by atoms with Crippen LogP contribution in [0.15, 0.2) is 18.2 Å². The van der Waals surface area contributed by atoms with Gasteiger partial charge in [0.25, 0.3) is 11.6 Å². The van der Waals surface area contributed by atoms with E-state index in [1.807, 2.05) is 0 Å². The molecule has 0 aromatic heterocycles. The minimum absolute atomic E-state index is 0.146. The number of likely N-dealkylation sites (tertiary alicyclic amines) is 1. The smallest absolute Gasteiger partial charge is 0.285 e. The molecule has 0 spiro atoms. The van der Waals surface area contributed by atoms with Gasteiger partial charge in [0.1, 0.15) is 11.4 Å². The third-order valence-electron chi connectivity index (χ3n) is 2.84. The molecule has 0 unspecified atom stereocenters. The number of halogens is 1. The molecule has 6 nitrogen and oxygen atoms in total. The molecule has 0 radical (unpaired) electrons. The number of benzene rings is 1. The van der Waals surface area contributed by atoms with Crippen LogP contribution in [0.1, 0.15) is 16.8 Å². The highest BCUT2D eigenvalue weighted by molar-refractivity contribution is 5.98. The number of nitro groups is 1. The first-order valence-electron chi connectivity index (χ1n) is 5.40. The van der Waals surface area contributed by atoms with E-state index in [-0.39, 0.29) is 12.1 Å². The number of rotatable bonds is 2. The molecule has 1 saturated heterocycles. The summed E-state index contributed by atoms with van der Waals surface area (Å²) in [6.45, 7) is 0.488. The van der Waals surface area contributed by atoms with Gasteiger partial charge in [0.15, 0.2) is 0 Å². The van der Waals surface area contributed by atoms with Crippen LogP contribution in [0, 0.1) is 15.9 Å². The van der Waals surface area contributed by atoms with E-state index in [0.717, 1.165) is 18.2 Å². The first-order valence-corrected chi connectivity index (χ1v) is 5.40. The van der Waals surface area contributed by atoms with Gasteiger partial charge in [0, 0.05) is 13.1 Å². The summed E-state index contributed by atoms with van der Waals surface area (Å²) >= 11 is 0. The summed E-state index contributed by atoms with van der Waals surface area (Å²) in [6, 6.07) is 2.83. The number of nitrogens with zero attached hydrogens (tertiary/aromatic N) is 2. The van der Waals surface area contributed by atoms with Gasteiger partial charge in [-0.1, -0.05) is 0 Å². The van der Waals surface area contributed by atoms with E-state index in [2.05, 4.69) is 0 Å². The van der Waals surface area contributed by atoms with Gasteiger partial charge >= 0.3 is 0 Å². The second-order valence-corrected chi connectivity index (χ2v) is 4.11. The Kier molecular flexibility index (Phi) is 3.24. The zero-order chi connectivity index (χ0) is 13.3. The molecule has 1 N–H and O–H groups in total. The van der Waals surface area contributed by atoms with Gasteiger partial charge in [0.05, 0.1) is 17.1 Å². The van der Waals surface area contributed by atoms with Gasteiger partial charge in [0.2, 0.25) is 0 Å². The van der Waals surface area contributed by atoms with Gasteiger partial charge in [-0.15, -0.1) is 0 Å². The molecule has 0 aliphatic carbocycles. The van der Waals surface area contributed by atoms with Crippen LogP contribution in [0.2, 0.25) is 0 Å². The van der Waals surface area contributed by atoms with Crippen LogP contribution in [0.5, 0.6) is 0 Å². The highest BCUT2D eigenvalue weighted by Crippen LogP contribution is 2.23. The second-order valence-electron chi connectivity index (χ2n) is 4.11. The maximum Gasteiger partial charge on any atom is 0.285 e. The molecule has 7 heteroatoms. The van der Waals surface area contributed by atoms with Crippen molar-refractivity contribution in [2.24, 2.45) is 0 Å². The molecule has 1 heterocycles. The number of hydrogen-bond donors (Lipinski definition) is 1. The number of β-amino-alcohol motifs (C(OH)–C–C–N with tert-alkyl or cyclic N) is 1. The maximum atomic E-state index is 12.9. The van der Waals surface area contributed by atoms with E-state index < -0.39 is 28.4 Å². The molecule has 0 bridgehead atoms. The highest BCUT2D eigenvalue weighted by Gasteiger charge is 2.30. The van der Waals surface area contributed by atoms with Crippen molar-refractivity contribution in [2.75, 3.05) is 13.1 Å². The summed E-state index contributed by atoms with van der Waals surface area (Å²) in [5, 5.41) is 20.1. The first kappa shape index (κ1) is 12.4. The number of aliphatic hydroxyl groups is 1. The van der Waals surface area contributed by atoms with Gasteiger partial charge < -0.3 is 10.0 Å². The van der Waals surface area contributed by atoms with Crippen molar-refractivity contribution < 1.29 is 19.2 Å². The van der Waals surface area contributed by atoms with Gasteiger partial charge in [-0.25, -0.2) is 4.39 Å². The SMILES string of the molecule is O=C(c1ccc(F)cc1[N+](=O)[O-])N1CC[C@@H](O)C1. The lowest BCUT2D eigenvalue weighted by molar-refractivity contribution is -0.385. The fourth-order valence-electron chi connectivity index (χ4n) is 1.93. The second kappa shape index (κ2) is 4.69. The van der Waals surface area contributed by atoms with Crippen LogP contribution in [-0.2, 0) is 0 Å². The minimum atomic E-state index is -0.789. The van der Waals surface area contributed by atoms with Crippen molar-refractivity contribution in [3.63, 3.8) is 0 Å². The number of hydrogen-bond acceptors (Lipinski definition) is 4. The van der Waals surface area contributed by atoms with Crippen molar-refractivity contribution in [1.29, 1.82) is 0 Å². The van der Waals surface area contributed by atoms with Crippen molar-refractivity contribution in [2.45, 2.75) is 12.5 Å².